The van der Waals surface area contributed by atoms with Crippen LogP contribution in [0.4, 0.5) is 10.1 Å². The maximum atomic E-state index is 13.3. The fourth-order valence-electron chi connectivity index (χ4n) is 2.20. The third-order valence-corrected chi connectivity index (χ3v) is 3.42. The van der Waals surface area contributed by atoms with Crippen LogP contribution < -0.4 is 19.5 Å². The number of amides is 1. The van der Waals surface area contributed by atoms with Crippen LogP contribution in [0.3, 0.4) is 0 Å². The average molecular weight is 361 g/mol. The van der Waals surface area contributed by atoms with Crippen molar-refractivity contribution >= 4 is 17.6 Å². The molecule has 136 valence electrons. The molecule has 1 amide bonds. The molecule has 26 heavy (non-hydrogen) atoms. The van der Waals surface area contributed by atoms with Gasteiger partial charge in [-0.3, -0.25) is 9.59 Å². The highest BCUT2D eigenvalue weighted by atomic mass is 19.1. The number of esters is 1. The number of benzene rings is 2. The van der Waals surface area contributed by atoms with Gasteiger partial charge in [0, 0.05) is 11.8 Å². The van der Waals surface area contributed by atoms with Crippen molar-refractivity contribution in [1.29, 1.82) is 0 Å². The molecule has 2 aromatic rings. The topological polar surface area (TPSA) is 83.1 Å². The van der Waals surface area contributed by atoms with E-state index in [2.05, 4.69) is 5.32 Å². The molecule has 0 fully saturated rings. The fraction of sp³-hybridized carbons (Fsp3) is 0.222. The first-order chi connectivity index (χ1) is 12.6. The lowest BCUT2D eigenvalue weighted by atomic mass is 10.3. The molecule has 0 bridgehead atoms. The Morgan fingerprint density at radius 2 is 1.92 bits per heavy atom. The maximum Gasteiger partial charge on any atom is 0.309 e. The number of nitrogens with one attached hydrogen (secondary N) is 1. The van der Waals surface area contributed by atoms with Crippen molar-refractivity contribution in [2.75, 3.05) is 25.3 Å². The van der Waals surface area contributed by atoms with Crippen molar-refractivity contribution in [2.24, 2.45) is 0 Å². The van der Waals surface area contributed by atoms with E-state index in [1.165, 1.54) is 18.2 Å². The Morgan fingerprint density at radius 3 is 2.77 bits per heavy atom. The van der Waals surface area contributed by atoms with Gasteiger partial charge in [0.15, 0.2) is 29.7 Å². The van der Waals surface area contributed by atoms with Gasteiger partial charge in [0.1, 0.15) is 0 Å². The van der Waals surface area contributed by atoms with Crippen LogP contribution in [0.5, 0.6) is 17.2 Å². The normalized spacial score (nSPS) is 11.7. The number of rotatable bonds is 7. The molecule has 1 heterocycles. The Kier molecular flexibility index (Phi) is 5.52. The standard InChI is InChI=1S/C18H16FNO6/c19-13-3-1-2-4-14(13)23-8-7-18(22)24-10-17(21)20-12-5-6-15-16(9-12)26-11-25-15/h1-6,9H,7-8,10-11H2,(H,20,21). The van der Waals surface area contributed by atoms with Gasteiger partial charge in [0.2, 0.25) is 6.79 Å². The number of hydrogen-bond donors (Lipinski definition) is 1. The largest absolute Gasteiger partial charge is 0.490 e. The molecule has 1 N–H and O–H groups in total. The van der Waals surface area contributed by atoms with Crippen LogP contribution in [0.2, 0.25) is 0 Å². The van der Waals surface area contributed by atoms with Crippen molar-refractivity contribution in [3.05, 3.63) is 48.3 Å². The summed E-state index contributed by atoms with van der Waals surface area (Å²) in [5.41, 5.74) is 0.498. The van der Waals surface area contributed by atoms with Gasteiger partial charge in [-0.2, -0.15) is 0 Å². The molecule has 3 rings (SSSR count). The van der Waals surface area contributed by atoms with Crippen LogP contribution in [0.1, 0.15) is 6.42 Å². The Morgan fingerprint density at radius 1 is 1.12 bits per heavy atom. The first-order valence-corrected chi connectivity index (χ1v) is 7.84. The van der Waals surface area contributed by atoms with E-state index in [0.717, 1.165) is 0 Å². The first kappa shape index (κ1) is 17.5. The molecule has 1 aliphatic heterocycles. The molecule has 0 aliphatic carbocycles. The zero-order chi connectivity index (χ0) is 18.4. The molecule has 0 saturated heterocycles. The fourth-order valence-corrected chi connectivity index (χ4v) is 2.20. The lowest BCUT2D eigenvalue weighted by Crippen LogP contribution is -2.21. The molecule has 7 nitrogen and oxygen atoms in total. The molecule has 1 aliphatic rings. The highest BCUT2D eigenvalue weighted by Gasteiger charge is 2.15. The van der Waals surface area contributed by atoms with Gasteiger partial charge >= 0.3 is 5.97 Å². The Balaban J connectivity index is 1.37. The lowest BCUT2D eigenvalue weighted by molar-refractivity contribution is -0.147. The number of carbonyl (C=O) groups excluding carboxylic acids is 2. The molecule has 0 spiro atoms. The molecule has 0 aromatic heterocycles. The quantitative estimate of drug-likeness (QED) is 0.763. The highest BCUT2D eigenvalue weighted by molar-refractivity contribution is 5.93. The van der Waals surface area contributed by atoms with Crippen molar-refractivity contribution in [3.8, 4) is 17.2 Å². The molecule has 0 atom stereocenters. The van der Waals surface area contributed by atoms with Crippen LogP contribution in [0.15, 0.2) is 42.5 Å². The summed E-state index contributed by atoms with van der Waals surface area (Å²) >= 11 is 0. The van der Waals surface area contributed by atoms with Crippen molar-refractivity contribution in [1.82, 2.24) is 0 Å². The molecular formula is C18H16FNO6. The van der Waals surface area contributed by atoms with Gasteiger partial charge in [-0.15, -0.1) is 0 Å². The molecule has 2 aromatic carbocycles. The van der Waals surface area contributed by atoms with Crippen molar-refractivity contribution < 1.29 is 32.9 Å². The van der Waals surface area contributed by atoms with Crippen LogP contribution >= 0.6 is 0 Å². The monoisotopic (exact) mass is 361 g/mol. The van der Waals surface area contributed by atoms with E-state index >= 15 is 0 Å². The van der Waals surface area contributed by atoms with Crippen LogP contribution in [-0.4, -0.2) is 31.9 Å². The number of fused-ring (bicyclic) bond motifs is 1. The summed E-state index contributed by atoms with van der Waals surface area (Å²) in [4.78, 5) is 23.4. The SMILES string of the molecule is O=C(COC(=O)CCOc1ccccc1F)Nc1ccc2c(c1)OCO2. The lowest BCUT2D eigenvalue weighted by Gasteiger charge is -2.08. The number of halogens is 1. The molecule has 0 radical (unpaired) electrons. The van der Waals surface area contributed by atoms with Gasteiger partial charge in [-0.05, 0) is 24.3 Å². The second-order valence-electron chi connectivity index (χ2n) is 5.31. The van der Waals surface area contributed by atoms with Gasteiger partial charge < -0.3 is 24.3 Å². The number of para-hydroxylation sites is 1. The zero-order valence-electron chi connectivity index (χ0n) is 13.7. The molecular weight excluding hydrogens is 345 g/mol. The Bertz CT molecular complexity index is 810. The summed E-state index contributed by atoms with van der Waals surface area (Å²) in [6.45, 7) is -0.351. The zero-order valence-corrected chi connectivity index (χ0v) is 13.7. The summed E-state index contributed by atoms with van der Waals surface area (Å²) in [5, 5.41) is 2.58. The highest BCUT2D eigenvalue weighted by Crippen LogP contribution is 2.34. The third kappa shape index (κ3) is 4.62. The minimum absolute atomic E-state index is 0.0520. The Labute approximate surface area is 148 Å². The second-order valence-corrected chi connectivity index (χ2v) is 5.31. The third-order valence-electron chi connectivity index (χ3n) is 3.42. The van der Waals surface area contributed by atoms with Crippen molar-refractivity contribution in [2.45, 2.75) is 6.42 Å². The van der Waals surface area contributed by atoms with Gasteiger partial charge in [-0.25, -0.2) is 4.39 Å². The van der Waals surface area contributed by atoms with E-state index in [1.807, 2.05) is 0 Å². The Hall–Kier alpha value is -3.29. The number of carbonyl (C=O) groups is 2. The van der Waals surface area contributed by atoms with Crippen molar-refractivity contribution in [3.63, 3.8) is 0 Å². The van der Waals surface area contributed by atoms with Gasteiger partial charge in [0.25, 0.3) is 5.91 Å². The summed E-state index contributed by atoms with van der Waals surface area (Å²) < 4.78 is 33.7. The number of hydrogen-bond acceptors (Lipinski definition) is 6. The van der Waals surface area contributed by atoms with Crippen LogP contribution in [0.25, 0.3) is 0 Å². The predicted octanol–water partition coefficient (Wildman–Crippen LogP) is 2.51. The first-order valence-electron chi connectivity index (χ1n) is 7.84. The van der Waals surface area contributed by atoms with E-state index in [4.69, 9.17) is 18.9 Å². The molecule has 0 saturated carbocycles. The van der Waals surface area contributed by atoms with Gasteiger partial charge in [-0.1, -0.05) is 12.1 Å². The van der Waals surface area contributed by atoms with E-state index < -0.39 is 24.3 Å². The van der Waals surface area contributed by atoms with E-state index in [9.17, 15) is 14.0 Å². The second kappa shape index (κ2) is 8.19. The summed E-state index contributed by atoms with van der Waals surface area (Å²) in [7, 11) is 0. The van der Waals surface area contributed by atoms with Gasteiger partial charge in [0.05, 0.1) is 13.0 Å². The van der Waals surface area contributed by atoms with E-state index in [0.29, 0.717) is 17.2 Å². The summed E-state index contributed by atoms with van der Waals surface area (Å²) in [5.74, 6) is -0.436. The molecule has 0 unspecified atom stereocenters. The predicted molar refractivity (Wildman–Crippen MR) is 88.7 cm³/mol. The minimum Gasteiger partial charge on any atom is -0.490 e. The van der Waals surface area contributed by atoms with Crippen LogP contribution in [0, 0.1) is 5.82 Å². The average Bonchev–Trinajstić information content (AvgIpc) is 3.09. The van der Waals surface area contributed by atoms with Crippen LogP contribution in [-0.2, 0) is 14.3 Å². The summed E-state index contributed by atoms with van der Waals surface area (Å²) in [6.07, 6.45) is -0.106. The maximum absolute atomic E-state index is 13.3. The smallest absolute Gasteiger partial charge is 0.309 e. The number of ether oxygens (including phenoxy) is 4. The van der Waals surface area contributed by atoms with E-state index in [-0.39, 0.29) is 25.6 Å². The minimum atomic E-state index is -0.623. The molecule has 8 heteroatoms. The number of anilines is 1. The van der Waals surface area contributed by atoms with E-state index in [1.54, 1.807) is 24.3 Å². The summed E-state index contributed by atoms with van der Waals surface area (Å²) in [6, 6.07) is 10.8.